The van der Waals surface area contributed by atoms with E-state index in [-0.39, 0.29) is 22.8 Å². The second-order valence-electron chi connectivity index (χ2n) is 3.53. The molecule has 0 radical (unpaired) electrons. The zero-order valence-electron chi connectivity index (χ0n) is 9.29. The smallest absolute Gasteiger partial charge is 0.329 e. The summed E-state index contributed by atoms with van der Waals surface area (Å²) in [6.07, 6.45) is 4.37. The Morgan fingerprint density at radius 2 is 2.33 bits per heavy atom. The number of aromatic amines is 1. The molecule has 2 heterocycles. The molecule has 1 unspecified atom stereocenters. The number of nitro groups is 1. The molecule has 94 valence electrons. The van der Waals surface area contributed by atoms with Crippen molar-refractivity contribution in [3.63, 3.8) is 0 Å². The average Bonchev–Trinajstić information content (AvgIpc) is 2.81. The lowest BCUT2D eigenvalue weighted by Crippen LogP contribution is -2.09. The summed E-state index contributed by atoms with van der Waals surface area (Å²) >= 11 is 5.63. The zero-order valence-corrected chi connectivity index (χ0v) is 10.0. The summed E-state index contributed by atoms with van der Waals surface area (Å²) in [7, 11) is 0. The van der Waals surface area contributed by atoms with E-state index < -0.39 is 4.92 Å². The Kier molecular flexibility index (Phi) is 3.38. The Labute approximate surface area is 107 Å². The van der Waals surface area contributed by atoms with E-state index in [1.807, 2.05) is 6.92 Å². The molecule has 0 aromatic carbocycles. The number of halogens is 1. The number of aromatic nitrogens is 4. The minimum Gasteiger partial charge on any atom is -0.358 e. The lowest BCUT2D eigenvalue weighted by Gasteiger charge is -2.12. The van der Waals surface area contributed by atoms with E-state index in [1.165, 1.54) is 0 Å². The third-order valence-corrected chi connectivity index (χ3v) is 2.49. The van der Waals surface area contributed by atoms with E-state index in [2.05, 4.69) is 25.5 Å². The van der Waals surface area contributed by atoms with E-state index >= 15 is 0 Å². The van der Waals surface area contributed by atoms with Gasteiger partial charge in [-0.1, -0.05) is 0 Å². The van der Waals surface area contributed by atoms with Crippen molar-refractivity contribution >= 4 is 23.1 Å². The van der Waals surface area contributed by atoms with E-state index in [0.717, 1.165) is 11.8 Å². The van der Waals surface area contributed by atoms with Crippen LogP contribution < -0.4 is 5.32 Å². The molecule has 0 aliphatic heterocycles. The largest absolute Gasteiger partial charge is 0.358 e. The van der Waals surface area contributed by atoms with Crippen molar-refractivity contribution in [2.45, 2.75) is 13.0 Å². The number of hydrogen-bond donors (Lipinski definition) is 2. The Bertz CT molecular complexity index is 558. The molecule has 0 fully saturated rings. The Hall–Kier alpha value is -2.22. The Balaban J connectivity index is 2.28. The summed E-state index contributed by atoms with van der Waals surface area (Å²) in [5.41, 5.74) is 0.619. The Morgan fingerprint density at radius 1 is 1.56 bits per heavy atom. The van der Waals surface area contributed by atoms with Crippen molar-refractivity contribution in [1.29, 1.82) is 0 Å². The molecule has 0 spiro atoms. The van der Waals surface area contributed by atoms with Crippen molar-refractivity contribution < 1.29 is 4.92 Å². The molecule has 2 N–H and O–H groups in total. The molecule has 2 aromatic rings. The van der Waals surface area contributed by atoms with Crippen molar-refractivity contribution in [3.8, 4) is 0 Å². The van der Waals surface area contributed by atoms with E-state index in [4.69, 9.17) is 11.6 Å². The number of nitrogens with zero attached hydrogens (tertiary/aromatic N) is 4. The van der Waals surface area contributed by atoms with E-state index in [9.17, 15) is 10.1 Å². The lowest BCUT2D eigenvalue weighted by molar-refractivity contribution is -0.384. The molecule has 0 aliphatic carbocycles. The Morgan fingerprint density at radius 3 is 2.94 bits per heavy atom. The average molecular weight is 269 g/mol. The van der Waals surface area contributed by atoms with Crippen LogP contribution in [0.2, 0.25) is 5.28 Å². The SMILES string of the molecule is CC(Nc1nc(Cl)ncc1[N+](=O)[O-])c1cn[nH]c1. The molecule has 2 rings (SSSR count). The van der Waals surface area contributed by atoms with Gasteiger partial charge in [0.05, 0.1) is 17.2 Å². The highest BCUT2D eigenvalue weighted by Crippen LogP contribution is 2.25. The monoisotopic (exact) mass is 268 g/mol. The molecular weight excluding hydrogens is 260 g/mol. The van der Waals surface area contributed by atoms with Gasteiger partial charge in [-0.15, -0.1) is 0 Å². The minimum atomic E-state index is -0.569. The van der Waals surface area contributed by atoms with Gasteiger partial charge in [0, 0.05) is 11.8 Å². The fraction of sp³-hybridized carbons (Fsp3) is 0.222. The summed E-state index contributed by atoms with van der Waals surface area (Å²) in [5, 5.41) is 20.1. The first-order valence-electron chi connectivity index (χ1n) is 5.00. The van der Waals surface area contributed by atoms with E-state index in [0.29, 0.717) is 0 Å². The third-order valence-electron chi connectivity index (χ3n) is 2.31. The fourth-order valence-corrected chi connectivity index (χ4v) is 1.51. The quantitative estimate of drug-likeness (QED) is 0.498. The summed E-state index contributed by atoms with van der Waals surface area (Å²) < 4.78 is 0. The van der Waals surface area contributed by atoms with Crippen LogP contribution in [-0.4, -0.2) is 25.1 Å². The maximum Gasteiger partial charge on any atom is 0.329 e. The molecular formula is C9H9ClN6O2. The van der Waals surface area contributed by atoms with Crippen LogP contribution in [0, 0.1) is 10.1 Å². The molecule has 1 atom stereocenters. The minimum absolute atomic E-state index is 0.0532. The maximum atomic E-state index is 10.8. The second kappa shape index (κ2) is 4.96. The van der Waals surface area contributed by atoms with Gasteiger partial charge in [-0.3, -0.25) is 15.2 Å². The summed E-state index contributed by atoms with van der Waals surface area (Å²) in [6.45, 7) is 1.82. The highest BCUT2D eigenvalue weighted by Gasteiger charge is 2.19. The van der Waals surface area contributed by atoms with Gasteiger partial charge in [-0.05, 0) is 18.5 Å². The number of H-pyrrole nitrogens is 1. The molecule has 18 heavy (non-hydrogen) atoms. The first kappa shape index (κ1) is 12.2. The van der Waals surface area contributed by atoms with Crippen LogP contribution >= 0.6 is 11.6 Å². The van der Waals surface area contributed by atoms with Crippen molar-refractivity contribution in [2.24, 2.45) is 0 Å². The molecule has 9 heteroatoms. The highest BCUT2D eigenvalue weighted by molar-refractivity contribution is 6.28. The predicted octanol–water partition coefficient (Wildman–Crippen LogP) is 1.93. The molecule has 2 aromatic heterocycles. The van der Waals surface area contributed by atoms with Crippen LogP contribution in [0.4, 0.5) is 11.5 Å². The molecule has 0 saturated heterocycles. The predicted molar refractivity (Wildman–Crippen MR) is 64.3 cm³/mol. The van der Waals surface area contributed by atoms with Crippen molar-refractivity contribution in [3.05, 3.63) is 39.6 Å². The number of nitrogens with one attached hydrogen (secondary N) is 2. The normalized spacial score (nSPS) is 12.1. The summed E-state index contributed by atoms with van der Waals surface area (Å²) in [5.74, 6) is 0.0775. The fourth-order valence-electron chi connectivity index (χ4n) is 1.38. The molecule has 0 amide bonds. The van der Waals surface area contributed by atoms with Gasteiger partial charge >= 0.3 is 5.69 Å². The van der Waals surface area contributed by atoms with Crippen LogP contribution in [0.1, 0.15) is 18.5 Å². The van der Waals surface area contributed by atoms with Crippen LogP contribution in [0.3, 0.4) is 0 Å². The van der Waals surface area contributed by atoms with Crippen LogP contribution in [-0.2, 0) is 0 Å². The molecule has 0 aliphatic rings. The highest BCUT2D eigenvalue weighted by atomic mass is 35.5. The standard InChI is InChI=1S/C9H9ClN6O2/c1-5(6-2-12-13-3-6)14-8-7(16(17)18)4-11-9(10)15-8/h2-5H,1H3,(H,12,13)(H,11,14,15). The topological polar surface area (TPSA) is 110 Å². The first-order valence-corrected chi connectivity index (χ1v) is 5.38. The first-order chi connectivity index (χ1) is 8.58. The number of anilines is 1. The van der Waals surface area contributed by atoms with Gasteiger partial charge in [0.15, 0.2) is 0 Å². The lowest BCUT2D eigenvalue weighted by atomic mass is 10.2. The summed E-state index contributed by atoms with van der Waals surface area (Å²) in [6, 6.07) is -0.201. The molecule has 0 bridgehead atoms. The van der Waals surface area contributed by atoms with Gasteiger partial charge in [0.1, 0.15) is 6.20 Å². The van der Waals surface area contributed by atoms with Crippen LogP contribution in [0.5, 0.6) is 0 Å². The van der Waals surface area contributed by atoms with Gasteiger partial charge < -0.3 is 5.32 Å². The molecule has 8 nitrogen and oxygen atoms in total. The zero-order chi connectivity index (χ0) is 13.1. The summed E-state index contributed by atoms with van der Waals surface area (Å²) in [4.78, 5) is 17.7. The van der Waals surface area contributed by atoms with Gasteiger partial charge in [0.2, 0.25) is 11.1 Å². The van der Waals surface area contributed by atoms with Gasteiger partial charge in [0.25, 0.3) is 0 Å². The van der Waals surface area contributed by atoms with Gasteiger partial charge in [-0.25, -0.2) is 4.98 Å². The van der Waals surface area contributed by atoms with Crippen LogP contribution in [0.15, 0.2) is 18.6 Å². The van der Waals surface area contributed by atoms with Crippen LogP contribution in [0.25, 0.3) is 0 Å². The van der Waals surface area contributed by atoms with Crippen molar-refractivity contribution in [2.75, 3.05) is 5.32 Å². The van der Waals surface area contributed by atoms with E-state index in [1.54, 1.807) is 12.4 Å². The number of hydrogen-bond acceptors (Lipinski definition) is 6. The van der Waals surface area contributed by atoms with Gasteiger partial charge in [-0.2, -0.15) is 10.1 Å². The molecule has 0 saturated carbocycles. The third kappa shape index (κ3) is 2.54. The van der Waals surface area contributed by atoms with Crippen molar-refractivity contribution in [1.82, 2.24) is 20.2 Å². The number of rotatable bonds is 4. The maximum absolute atomic E-state index is 10.8. The second-order valence-corrected chi connectivity index (χ2v) is 3.87.